The van der Waals surface area contributed by atoms with Crippen LogP contribution < -0.4 is 5.32 Å². The molecule has 1 aromatic carbocycles. The lowest BCUT2D eigenvalue weighted by Gasteiger charge is -2.20. The molecule has 4 rings (SSSR count). The minimum Gasteiger partial charge on any atom is -0.340 e. The summed E-state index contributed by atoms with van der Waals surface area (Å²) in [7, 11) is 0. The minimum absolute atomic E-state index is 0.655. The molecule has 2 heterocycles. The van der Waals surface area contributed by atoms with Gasteiger partial charge in [-0.15, -0.1) is 5.10 Å². The predicted octanol–water partition coefficient (Wildman–Crippen LogP) is 3.71. The normalized spacial score (nSPS) is 14.1. The van der Waals surface area contributed by atoms with Gasteiger partial charge in [-0.3, -0.25) is 0 Å². The summed E-state index contributed by atoms with van der Waals surface area (Å²) in [5, 5.41) is 8.66. The van der Waals surface area contributed by atoms with Gasteiger partial charge < -0.3 is 5.32 Å². The van der Waals surface area contributed by atoms with Crippen molar-refractivity contribution in [1.82, 2.24) is 19.6 Å². The molecule has 0 aliphatic heterocycles. The fraction of sp³-hybridized carbons (Fsp3) is 0.312. The molecule has 5 nitrogen and oxygen atoms in total. The van der Waals surface area contributed by atoms with Crippen LogP contribution in [0.2, 0.25) is 5.02 Å². The maximum Gasteiger partial charge on any atom is 0.254 e. The van der Waals surface area contributed by atoms with Crippen LogP contribution in [0.15, 0.2) is 24.3 Å². The van der Waals surface area contributed by atoms with E-state index in [2.05, 4.69) is 20.4 Å². The number of nitrogens with zero attached hydrogens (tertiary/aromatic N) is 4. The van der Waals surface area contributed by atoms with Gasteiger partial charge in [0.2, 0.25) is 0 Å². The van der Waals surface area contributed by atoms with E-state index < -0.39 is 0 Å². The Morgan fingerprint density at radius 1 is 1.18 bits per heavy atom. The number of benzene rings is 1. The van der Waals surface area contributed by atoms with Crippen molar-refractivity contribution in [2.45, 2.75) is 32.6 Å². The average molecular weight is 314 g/mol. The van der Waals surface area contributed by atoms with E-state index in [-0.39, 0.29) is 0 Å². The Morgan fingerprint density at radius 3 is 2.91 bits per heavy atom. The van der Waals surface area contributed by atoms with Crippen molar-refractivity contribution in [2.24, 2.45) is 0 Å². The van der Waals surface area contributed by atoms with Gasteiger partial charge in [0.05, 0.1) is 5.69 Å². The number of rotatable bonds is 2. The summed E-state index contributed by atoms with van der Waals surface area (Å²) < 4.78 is 1.81. The fourth-order valence-electron chi connectivity index (χ4n) is 2.97. The minimum atomic E-state index is 0.655. The van der Waals surface area contributed by atoms with Gasteiger partial charge in [0, 0.05) is 16.3 Å². The van der Waals surface area contributed by atoms with Gasteiger partial charge in [-0.1, -0.05) is 17.7 Å². The second-order valence-corrected chi connectivity index (χ2v) is 6.04. The SMILES string of the molecule is Cc1nc2nc3c(c(Nc4cccc(Cl)c4)n2n1)CCCC3. The van der Waals surface area contributed by atoms with E-state index in [9.17, 15) is 0 Å². The molecular formula is C16H16ClN5. The van der Waals surface area contributed by atoms with Crippen LogP contribution in [0.1, 0.15) is 29.9 Å². The van der Waals surface area contributed by atoms with Crippen LogP contribution >= 0.6 is 11.6 Å². The highest BCUT2D eigenvalue weighted by atomic mass is 35.5. The van der Waals surface area contributed by atoms with Crippen LogP contribution in [0.4, 0.5) is 11.5 Å². The molecule has 0 amide bonds. The molecule has 0 fully saturated rings. The summed E-state index contributed by atoms with van der Waals surface area (Å²) in [5.41, 5.74) is 3.32. The molecule has 0 atom stereocenters. The largest absolute Gasteiger partial charge is 0.340 e. The maximum absolute atomic E-state index is 6.09. The van der Waals surface area contributed by atoms with Gasteiger partial charge in [0.1, 0.15) is 11.6 Å². The Hall–Kier alpha value is -2.14. The number of aryl methyl sites for hydroxylation is 2. The number of anilines is 2. The Balaban J connectivity index is 1.90. The smallest absolute Gasteiger partial charge is 0.254 e. The zero-order valence-electron chi connectivity index (χ0n) is 12.3. The molecule has 1 N–H and O–H groups in total. The highest BCUT2D eigenvalue weighted by Crippen LogP contribution is 2.30. The van der Waals surface area contributed by atoms with E-state index in [0.29, 0.717) is 10.8 Å². The van der Waals surface area contributed by atoms with Gasteiger partial charge in [-0.25, -0.2) is 4.98 Å². The Bertz CT molecular complexity index is 855. The van der Waals surface area contributed by atoms with E-state index in [1.54, 1.807) is 4.52 Å². The molecule has 6 heteroatoms. The standard InChI is InChI=1S/C16H16ClN5/c1-10-18-16-20-14-8-3-2-7-13(14)15(22(16)21-10)19-12-6-4-5-11(17)9-12/h4-6,9,19H,2-3,7-8H2,1H3. The molecule has 2 aromatic heterocycles. The van der Waals surface area contributed by atoms with Crippen molar-refractivity contribution in [3.8, 4) is 0 Å². The summed E-state index contributed by atoms with van der Waals surface area (Å²) in [6.45, 7) is 1.89. The van der Waals surface area contributed by atoms with Crippen LogP contribution in [-0.2, 0) is 12.8 Å². The number of nitrogens with one attached hydrogen (secondary N) is 1. The Kier molecular flexibility index (Phi) is 3.22. The Labute approximate surface area is 133 Å². The van der Waals surface area contributed by atoms with Gasteiger partial charge in [0.15, 0.2) is 0 Å². The summed E-state index contributed by atoms with van der Waals surface area (Å²) >= 11 is 6.09. The van der Waals surface area contributed by atoms with Crippen molar-refractivity contribution in [3.05, 3.63) is 46.4 Å². The molecule has 0 saturated carbocycles. The van der Waals surface area contributed by atoms with Crippen LogP contribution in [0.3, 0.4) is 0 Å². The molecule has 112 valence electrons. The average Bonchev–Trinajstić information content (AvgIpc) is 2.87. The van der Waals surface area contributed by atoms with Gasteiger partial charge in [-0.05, 0) is 50.8 Å². The third-order valence-corrected chi connectivity index (χ3v) is 4.19. The molecule has 0 spiro atoms. The Morgan fingerprint density at radius 2 is 2.05 bits per heavy atom. The summed E-state index contributed by atoms with van der Waals surface area (Å²) in [6, 6.07) is 7.70. The zero-order valence-corrected chi connectivity index (χ0v) is 13.1. The van der Waals surface area contributed by atoms with Crippen LogP contribution in [-0.4, -0.2) is 19.6 Å². The van der Waals surface area contributed by atoms with Crippen molar-refractivity contribution in [2.75, 3.05) is 5.32 Å². The second kappa shape index (κ2) is 5.25. The third kappa shape index (κ3) is 2.31. The first-order chi connectivity index (χ1) is 10.7. The number of aromatic nitrogens is 4. The van der Waals surface area contributed by atoms with E-state index in [1.165, 1.54) is 18.4 Å². The highest BCUT2D eigenvalue weighted by molar-refractivity contribution is 6.30. The summed E-state index contributed by atoms with van der Waals surface area (Å²) in [6.07, 6.45) is 4.38. The predicted molar refractivity (Wildman–Crippen MR) is 86.9 cm³/mol. The van der Waals surface area contributed by atoms with Crippen LogP contribution in [0.25, 0.3) is 5.78 Å². The van der Waals surface area contributed by atoms with Gasteiger partial charge in [-0.2, -0.15) is 9.50 Å². The molecule has 1 aliphatic carbocycles. The van der Waals surface area contributed by atoms with Crippen molar-refractivity contribution in [3.63, 3.8) is 0 Å². The lowest BCUT2D eigenvalue weighted by atomic mass is 9.96. The van der Waals surface area contributed by atoms with Crippen molar-refractivity contribution < 1.29 is 0 Å². The lowest BCUT2D eigenvalue weighted by molar-refractivity contribution is 0.662. The third-order valence-electron chi connectivity index (χ3n) is 3.95. The first kappa shape index (κ1) is 13.5. The molecule has 3 aromatic rings. The summed E-state index contributed by atoms with van der Waals surface area (Å²) in [5.74, 6) is 2.34. The van der Waals surface area contributed by atoms with Crippen molar-refractivity contribution in [1.29, 1.82) is 0 Å². The quantitative estimate of drug-likeness (QED) is 0.783. The number of hydrogen-bond donors (Lipinski definition) is 1. The van der Waals surface area contributed by atoms with Crippen LogP contribution in [0.5, 0.6) is 0 Å². The molecule has 1 aliphatic rings. The topological polar surface area (TPSA) is 55.1 Å². The van der Waals surface area contributed by atoms with E-state index in [4.69, 9.17) is 11.6 Å². The zero-order chi connectivity index (χ0) is 15.1. The number of hydrogen-bond acceptors (Lipinski definition) is 4. The van der Waals surface area contributed by atoms with Gasteiger partial charge >= 0.3 is 0 Å². The summed E-state index contributed by atoms with van der Waals surface area (Å²) in [4.78, 5) is 9.10. The lowest BCUT2D eigenvalue weighted by Crippen LogP contribution is -2.13. The molecular weight excluding hydrogens is 298 g/mol. The van der Waals surface area contributed by atoms with Crippen LogP contribution in [0, 0.1) is 6.92 Å². The van der Waals surface area contributed by atoms with Gasteiger partial charge in [0.25, 0.3) is 5.78 Å². The molecule has 0 radical (unpaired) electrons. The molecule has 0 unspecified atom stereocenters. The van der Waals surface area contributed by atoms with E-state index in [1.807, 2.05) is 31.2 Å². The molecule has 0 bridgehead atoms. The maximum atomic E-state index is 6.09. The first-order valence-electron chi connectivity index (χ1n) is 7.48. The number of halogens is 1. The van der Waals surface area contributed by atoms with Crippen molar-refractivity contribution >= 4 is 28.9 Å². The molecule has 0 saturated heterocycles. The highest BCUT2D eigenvalue weighted by Gasteiger charge is 2.20. The number of fused-ring (bicyclic) bond motifs is 2. The first-order valence-corrected chi connectivity index (χ1v) is 7.86. The monoisotopic (exact) mass is 313 g/mol. The van der Waals surface area contributed by atoms with E-state index >= 15 is 0 Å². The molecule has 22 heavy (non-hydrogen) atoms. The van der Waals surface area contributed by atoms with E-state index in [0.717, 1.165) is 35.9 Å². The second-order valence-electron chi connectivity index (χ2n) is 5.60. The fourth-order valence-corrected chi connectivity index (χ4v) is 3.16.